The Morgan fingerprint density at radius 3 is 2.51 bits per heavy atom. The monoisotopic (exact) mass is 776 g/mol. The summed E-state index contributed by atoms with van der Waals surface area (Å²) in [5, 5.41) is 10.2. The minimum Gasteiger partial charge on any atom is -0.394 e. The number of anilines is 1. The van der Waals surface area contributed by atoms with Gasteiger partial charge in [0.2, 0.25) is 14.3 Å². The molecule has 0 saturated carbocycles. The topological polar surface area (TPSA) is 70.1 Å². The number of nitrogens with zero attached hydrogens (tertiary/aromatic N) is 2. The third-order valence-corrected chi connectivity index (χ3v) is 13.1. The van der Waals surface area contributed by atoms with E-state index in [1.807, 2.05) is 73.7 Å². The molecule has 226 valence electrons. The summed E-state index contributed by atoms with van der Waals surface area (Å²) >= 11 is 5.84. The van der Waals surface area contributed by atoms with Crippen molar-refractivity contribution in [1.82, 2.24) is 4.90 Å². The molecule has 0 bridgehead atoms. The van der Waals surface area contributed by atoms with E-state index in [1.165, 1.54) is 0 Å². The van der Waals surface area contributed by atoms with Crippen LogP contribution in [0.25, 0.3) is 0 Å². The van der Waals surface area contributed by atoms with Gasteiger partial charge >= 0.3 is 0 Å². The van der Waals surface area contributed by atoms with Crippen LogP contribution in [0.5, 0.6) is 0 Å². The first-order chi connectivity index (χ1) is 20.4. The van der Waals surface area contributed by atoms with Gasteiger partial charge in [-0.15, -0.1) is 0 Å². The molecule has 0 unspecified atom stereocenters. The molecular weight excluding hydrogens is 742 g/mol. The molecule has 3 aliphatic heterocycles. The van der Waals surface area contributed by atoms with Crippen molar-refractivity contribution in [2.24, 2.45) is 5.92 Å². The third kappa shape index (κ3) is 5.41. The zero-order valence-corrected chi connectivity index (χ0v) is 29.1. The summed E-state index contributed by atoms with van der Waals surface area (Å²) in [6.07, 6.45) is -0.270. The molecule has 6 nitrogen and oxygen atoms in total. The van der Waals surface area contributed by atoms with Gasteiger partial charge in [0.05, 0.1) is 37.4 Å². The Hall–Kier alpha value is -2.12. The molecule has 0 aromatic heterocycles. The molecule has 43 heavy (non-hydrogen) atoms. The van der Waals surface area contributed by atoms with Gasteiger partial charge in [-0.05, 0) is 89.1 Å². The highest BCUT2D eigenvalue weighted by atomic mass is 127. The average molecular weight is 778 g/mol. The Kier molecular flexibility index (Phi) is 8.38. The lowest BCUT2D eigenvalue weighted by Gasteiger charge is -2.37. The Balaban J connectivity index is 1.35. The number of hydrogen-bond donors (Lipinski definition) is 1. The van der Waals surface area contributed by atoms with Crippen molar-refractivity contribution in [3.8, 4) is 0 Å². The molecule has 6 rings (SSSR count). The standard InChI is InChI=1S/C33H35BrFIN2O4Si/c1-20-31(43(2,3)35)29(16-30(40)37-18-23-7-5-4-6-22(23)14-26(37)19-39)42-33(20)27-15-24(34)10-13-28(27)38(32(33)41)17-21-8-11-25(36)12-9-21/h4-13,15,20,26,29,31,39H,14,16-19H2,1-3H3/t20-,26-,29+,31-,33+/m0/s1. The number of amides is 2. The van der Waals surface area contributed by atoms with Crippen LogP contribution in [0.3, 0.4) is 0 Å². The van der Waals surface area contributed by atoms with Gasteiger partial charge in [-0.1, -0.05) is 59.3 Å². The number of rotatable bonds is 6. The van der Waals surface area contributed by atoms with Crippen molar-refractivity contribution >= 4 is 64.4 Å². The number of benzene rings is 3. The van der Waals surface area contributed by atoms with Crippen molar-refractivity contribution < 1.29 is 23.5 Å². The summed E-state index contributed by atoms with van der Waals surface area (Å²) in [6.45, 7) is 5.78. The normalized spacial score (nSPS) is 26.6. The van der Waals surface area contributed by atoms with Gasteiger partial charge in [0.25, 0.3) is 5.91 Å². The molecule has 0 aliphatic carbocycles. The number of aliphatic hydroxyl groups excluding tert-OH is 1. The summed E-state index contributed by atoms with van der Waals surface area (Å²) in [6, 6.07) is 21.3. The number of halogens is 3. The van der Waals surface area contributed by atoms with Gasteiger partial charge in [-0.25, -0.2) is 0 Å². The van der Waals surface area contributed by atoms with Gasteiger partial charge in [0, 0.05) is 31.6 Å². The smallest absolute Gasteiger partial charge is 0.264 e. The van der Waals surface area contributed by atoms with Crippen molar-refractivity contribution in [2.45, 2.75) is 69.2 Å². The summed E-state index contributed by atoms with van der Waals surface area (Å²) in [5.74, 6) is -0.901. The van der Waals surface area contributed by atoms with Crippen LogP contribution in [-0.2, 0) is 39.4 Å². The van der Waals surface area contributed by atoms with Gasteiger partial charge < -0.3 is 23.8 Å². The second-order valence-corrected chi connectivity index (χ2v) is 18.4. The Bertz CT molecular complexity index is 1570. The maximum atomic E-state index is 16.3. The fourth-order valence-corrected chi connectivity index (χ4v) is 10.7. The maximum absolute atomic E-state index is 16.3. The van der Waals surface area contributed by atoms with Gasteiger partial charge in [0.1, 0.15) is 0 Å². The molecule has 5 atom stereocenters. The highest BCUT2D eigenvalue weighted by Crippen LogP contribution is 2.60. The quantitative estimate of drug-likeness (QED) is 0.172. The lowest BCUT2D eigenvalue weighted by atomic mass is 9.82. The summed E-state index contributed by atoms with van der Waals surface area (Å²) in [5.41, 5.74) is 2.62. The van der Waals surface area contributed by atoms with E-state index in [2.05, 4.69) is 38.5 Å². The van der Waals surface area contributed by atoms with Gasteiger partial charge in [0.15, 0.2) is 5.60 Å². The lowest BCUT2D eigenvalue weighted by Crippen LogP contribution is -2.48. The van der Waals surface area contributed by atoms with Crippen LogP contribution in [0.4, 0.5) is 9.80 Å². The molecule has 1 saturated heterocycles. The van der Waals surface area contributed by atoms with E-state index in [4.69, 9.17) is 4.74 Å². The Morgan fingerprint density at radius 1 is 1.14 bits per heavy atom. The molecule has 1 spiro atoms. The van der Waals surface area contributed by atoms with Crippen molar-refractivity contribution in [3.05, 3.63) is 97.0 Å². The lowest BCUT2D eigenvalue weighted by molar-refractivity contribution is -0.151. The minimum absolute atomic E-state index is 0.0521. The van der Waals surface area contributed by atoms with Crippen LogP contribution >= 0.6 is 38.5 Å². The first-order valence-electron chi connectivity index (χ1n) is 14.6. The predicted octanol–water partition coefficient (Wildman–Crippen LogP) is 6.71. The number of carbonyl (C=O) groups is 2. The molecule has 3 heterocycles. The molecule has 3 aliphatic rings. The van der Waals surface area contributed by atoms with E-state index in [0.717, 1.165) is 30.4 Å². The molecule has 2 amide bonds. The third-order valence-electron chi connectivity index (χ3n) is 9.44. The van der Waals surface area contributed by atoms with E-state index in [1.54, 1.807) is 22.9 Å². The van der Waals surface area contributed by atoms with Crippen molar-refractivity contribution in [1.29, 1.82) is 0 Å². The molecular formula is C33H35BrFIN2O4Si. The first kappa shape index (κ1) is 30.9. The number of fused-ring (bicyclic) bond motifs is 3. The predicted molar refractivity (Wildman–Crippen MR) is 179 cm³/mol. The highest BCUT2D eigenvalue weighted by molar-refractivity contribution is 14.1. The number of carbonyl (C=O) groups excluding carboxylic acids is 2. The van der Waals surface area contributed by atoms with Crippen LogP contribution in [0.2, 0.25) is 18.6 Å². The van der Waals surface area contributed by atoms with Crippen molar-refractivity contribution in [2.75, 3.05) is 11.5 Å². The molecule has 1 N–H and O–H groups in total. The molecule has 0 radical (unpaired) electrons. The van der Waals surface area contributed by atoms with E-state index < -0.39 is 31.6 Å². The largest absolute Gasteiger partial charge is 0.394 e. The van der Waals surface area contributed by atoms with Crippen LogP contribution in [0.15, 0.2) is 71.2 Å². The number of hydrogen-bond acceptors (Lipinski definition) is 4. The SMILES string of the molecule is C[C@H]1[C@H]([Si](C)(C)F)[C@@H](CC(=O)N2Cc3ccccc3C[C@H]2CO)O[C@]12C(=O)N(Cc1ccc(I)cc1)c1ccc(Br)cc12. The molecule has 1 fully saturated rings. The van der Waals surface area contributed by atoms with Crippen LogP contribution in [-0.4, -0.2) is 49.0 Å². The highest BCUT2D eigenvalue weighted by Gasteiger charge is 2.67. The summed E-state index contributed by atoms with van der Waals surface area (Å²) in [4.78, 5) is 32.0. The fraction of sp³-hybridized carbons (Fsp3) is 0.394. The van der Waals surface area contributed by atoms with Crippen LogP contribution in [0, 0.1) is 9.49 Å². The zero-order valence-electron chi connectivity index (χ0n) is 24.4. The van der Waals surface area contributed by atoms with Gasteiger partial charge in [-0.2, -0.15) is 0 Å². The van der Waals surface area contributed by atoms with E-state index in [-0.39, 0.29) is 30.9 Å². The number of ether oxygens (including phenoxy) is 1. The molecule has 10 heteroatoms. The number of aliphatic hydroxyl groups is 1. The summed E-state index contributed by atoms with van der Waals surface area (Å²) < 4.78 is 25.0. The maximum Gasteiger partial charge on any atom is 0.264 e. The van der Waals surface area contributed by atoms with Gasteiger partial charge in [-0.3, -0.25) is 9.59 Å². The van der Waals surface area contributed by atoms with E-state index in [9.17, 15) is 14.7 Å². The van der Waals surface area contributed by atoms with Crippen LogP contribution < -0.4 is 4.90 Å². The van der Waals surface area contributed by atoms with Crippen LogP contribution in [0.1, 0.15) is 35.6 Å². The first-order valence-corrected chi connectivity index (χ1v) is 19.5. The van der Waals surface area contributed by atoms with E-state index >= 15 is 4.11 Å². The van der Waals surface area contributed by atoms with E-state index in [0.29, 0.717) is 25.1 Å². The zero-order chi connectivity index (χ0) is 30.7. The fourth-order valence-electron chi connectivity index (χ4n) is 7.48. The van der Waals surface area contributed by atoms with Crippen molar-refractivity contribution in [3.63, 3.8) is 0 Å². The minimum atomic E-state index is -3.44. The Labute approximate surface area is 275 Å². The average Bonchev–Trinajstić information content (AvgIpc) is 3.39. The second kappa shape index (κ2) is 11.7. The second-order valence-electron chi connectivity index (χ2n) is 12.5. The molecule has 3 aromatic rings. The molecule has 3 aromatic carbocycles. The summed E-state index contributed by atoms with van der Waals surface area (Å²) in [7, 11) is -3.44. The Morgan fingerprint density at radius 2 is 1.84 bits per heavy atom.